The molecule has 0 radical (unpaired) electrons. The van der Waals surface area contributed by atoms with Crippen molar-refractivity contribution in [1.29, 1.82) is 0 Å². The quantitative estimate of drug-likeness (QED) is 0.673. The van der Waals surface area contributed by atoms with E-state index in [1.165, 1.54) is 0 Å². The molecule has 0 aliphatic rings. The maximum absolute atomic E-state index is 12.8. The van der Waals surface area contributed by atoms with Gasteiger partial charge in [0.25, 0.3) is 0 Å². The van der Waals surface area contributed by atoms with Crippen molar-refractivity contribution in [3.05, 3.63) is 58.7 Å². The molecule has 0 aliphatic heterocycles. The molecule has 0 aliphatic carbocycles. The zero-order valence-corrected chi connectivity index (χ0v) is 12.8. The second-order valence-corrected chi connectivity index (χ2v) is 4.98. The molecule has 2 aromatic carbocycles. The normalized spacial score (nSPS) is 10.4. The second-order valence-electron chi connectivity index (χ2n) is 4.98. The summed E-state index contributed by atoms with van der Waals surface area (Å²) in [5.74, 6) is 0.547. The lowest BCUT2D eigenvalue weighted by atomic mass is 9.94. The van der Waals surface area contributed by atoms with E-state index in [1.807, 2.05) is 12.1 Å². The van der Waals surface area contributed by atoms with Crippen LogP contribution >= 0.6 is 0 Å². The van der Waals surface area contributed by atoms with Gasteiger partial charge in [0.05, 0.1) is 12.8 Å². The predicted molar refractivity (Wildman–Crippen MR) is 86.0 cm³/mol. The number of nitrogens with two attached hydrogens (primary N) is 1. The minimum atomic E-state index is 0.0143. The number of hydrogen-bond donors (Lipinski definition) is 1. The number of carbonyl (C=O) groups is 1. The first-order valence-corrected chi connectivity index (χ1v) is 7.20. The first-order valence-electron chi connectivity index (χ1n) is 7.20. The molecule has 0 unspecified atom stereocenters. The van der Waals surface area contributed by atoms with Crippen molar-refractivity contribution in [2.45, 2.75) is 26.7 Å². The van der Waals surface area contributed by atoms with Gasteiger partial charge in [0.1, 0.15) is 5.75 Å². The lowest BCUT2D eigenvalue weighted by molar-refractivity contribution is 0.103. The summed E-state index contributed by atoms with van der Waals surface area (Å²) in [4.78, 5) is 12.8. The number of hydrogen-bond acceptors (Lipinski definition) is 3. The van der Waals surface area contributed by atoms with Crippen molar-refractivity contribution in [2.24, 2.45) is 0 Å². The average Bonchev–Trinajstić information content (AvgIpc) is 2.54. The topological polar surface area (TPSA) is 52.3 Å². The summed E-state index contributed by atoms with van der Waals surface area (Å²) in [6, 6.07) is 11.3. The monoisotopic (exact) mass is 283 g/mol. The Balaban J connectivity index is 2.48. The SMILES string of the molecule is CCc1ccc(CC)c(C(=O)c2ccc(N)c(OC)c2)c1. The van der Waals surface area contributed by atoms with Crippen LogP contribution in [0, 0.1) is 0 Å². The summed E-state index contributed by atoms with van der Waals surface area (Å²) in [7, 11) is 1.55. The summed E-state index contributed by atoms with van der Waals surface area (Å²) in [6.45, 7) is 4.14. The highest BCUT2D eigenvalue weighted by atomic mass is 16.5. The van der Waals surface area contributed by atoms with E-state index in [4.69, 9.17) is 10.5 Å². The molecule has 0 amide bonds. The smallest absolute Gasteiger partial charge is 0.193 e. The first kappa shape index (κ1) is 15.1. The van der Waals surface area contributed by atoms with Crippen LogP contribution in [-0.4, -0.2) is 12.9 Å². The number of rotatable bonds is 5. The molecule has 21 heavy (non-hydrogen) atoms. The van der Waals surface area contributed by atoms with Crippen molar-refractivity contribution in [3.63, 3.8) is 0 Å². The molecule has 2 rings (SSSR count). The highest BCUT2D eigenvalue weighted by Gasteiger charge is 2.15. The number of methoxy groups -OCH3 is 1. The number of aryl methyl sites for hydroxylation is 2. The number of anilines is 1. The summed E-state index contributed by atoms with van der Waals surface area (Å²) >= 11 is 0. The highest BCUT2D eigenvalue weighted by Crippen LogP contribution is 2.25. The van der Waals surface area contributed by atoms with Gasteiger partial charge in [-0.3, -0.25) is 4.79 Å². The minimum Gasteiger partial charge on any atom is -0.495 e. The van der Waals surface area contributed by atoms with Crippen LogP contribution in [0.25, 0.3) is 0 Å². The number of carbonyl (C=O) groups excluding carboxylic acids is 1. The molecule has 0 bridgehead atoms. The maximum atomic E-state index is 12.8. The van der Waals surface area contributed by atoms with Crippen LogP contribution in [0.5, 0.6) is 5.75 Å². The lowest BCUT2D eigenvalue weighted by Gasteiger charge is -2.11. The molecule has 0 fully saturated rings. The predicted octanol–water partition coefficient (Wildman–Crippen LogP) is 3.63. The molecule has 0 saturated heterocycles. The Labute approximate surface area is 125 Å². The van der Waals surface area contributed by atoms with Gasteiger partial charge < -0.3 is 10.5 Å². The first-order chi connectivity index (χ1) is 10.1. The Morgan fingerprint density at radius 1 is 1.10 bits per heavy atom. The fraction of sp³-hybridized carbons (Fsp3) is 0.278. The summed E-state index contributed by atoms with van der Waals surface area (Å²) in [6.07, 6.45) is 1.74. The molecule has 3 nitrogen and oxygen atoms in total. The molecule has 0 saturated carbocycles. The summed E-state index contributed by atoms with van der Waals surface area (Å²) < 4.78 is 5.20. The van der Waals surface area contributed by atoms with Gasteiger partial charge in [-0.15, -0.1) is 0 Å². The largest absolute Gasteiger partial charge is 0.495 e. The van der Waals surface area contributed by atoms with E-state index in [-0.39, 0.29) is 5.78 Å². The zero-order valence-electron chi connectivity index (χ0n) is 12.8. The zero-order chi connectivity index (χ0) is 15.4. The minimum absolute atomic E-state index is 0.0143. The standard InChI is InChI=1S/C18H21NO2/c1-4-12-6-7-13(5-2)15(10-12)18(20)14-8-9-16(19)17(11-14)21-3/h6-11H,4-5,19H2,1-3H3. The number of ether oxygens (including phenoxy) is 1. The number of ketones is 1. The van der Waals surface area contributed by atoms with Crippen LogP contribution in [0.2, 0.25) is 0 Å². The van der Waals surface area contributed by atoms with Crippen LogP contribution in [0.1, 0.15) is 40.9 Å². The van der Waals surface area contributed by atoms with Gasteiger partial charge >= 0.3 is 0 Å². The van der Waals surface area contributed by atoms with Crippen molar-refractivity contribution in [3.8, 4) is 5.75 Å². The van der Waals surface area contributed by atoms with Crippen molar-refractivity contribution < 1.29 is 9.53 Å². The fourth-order valence-corrected chi connectivity index (χ4v) is 2.37. The molecular weight excluding hydrogens is 262 g/mol. The van der Waals surface area contributed by atoms with E-state index in [0.29, 0.717) is 17.0 Å². The van der Waals surface area contributed by atoms with Gasteiger partial charge in [-0.25, -0.2) is 0 Å². The molecular formula is C18H21NO2. The second kappa shape index (κ2) is 6.44. The van der Waals surface area contributed by atoms with Gasteiger partial charge in [-0.1, -0.05) is 26.0 Å². The van der Waals surface area contributed by atoms with Gasteiger partial charge in [0.2, 0.25) is 0 Å². The van der Waals surface area contributed by atoms with Crippen LogP contribution < -0.4 is 10.5 Å². The molecule has 2 N–H and O–H groups in total. The highest BCUT2D eigenvalue weighted by molar-refractivity contribution is 6.10. The van der Waals surface area contributed by atoms with Crippen LogP contribution in [0.15, 0.2) is 36.4 Å². The average molecular weight is 283 g/mol. The molecule has 110 valence electrons. The van der Waals surface area contributed by atoms with Crippen LogP contribution in [0.4, 0.5) is 5.69 Å². The Morgan fingerprint density at radius 3 is 2.48 bits per heavy atom. The van der Waals surface area contributed by atoms with Gasteiger partial charge in [-0.05, 0) is 48.2 Å². The Kier molecular flexibility index (Phi) is 4.63. The van der Waals surface area contributed by atoms with E-state index >= 15 is 0 Å². The van der Waals surface area contributed by atoms with E-state index < -0.39 is 0 Å². The third kappa shape index (κ3) is 3.07. The maximum Gasteiger partial charge on any atom is 0.193 e. The number of benzene rings is 2. The van der Waals surface area contributed by atoms with Crippen molar-refractivity contribution in [1.82, 2.24) is 0 Å². The van der Waals surface area contributed by atoms with Crippen molar-refractivity contribution >= 4 is 11.5 Å². The van der Waals surface area contributed by atoms with Crippen LogP contribution in [0.3, 0.4) is 0 Å². The van der Waals surface area contributed by atoms with Crippen LogP contribution in [-0.2, 0) is 12.8 Å². The Hall–Kier alpha value is -2.29. The van der Waals surface area contributed by atoms with Gasteiger partial charge in [0, 0.05) is 11.1 Å². The lowest BCUT2D eigenvalue weighted by Crippen LogP contribution is -2.07. The van der Waals surface area contributed by atoms with E-state index in [2.05, 4.69) is 19.9 Å². The molecule has 0 spiro atoms. The van der Waals surface area contributed by atoms with Crippen molar-refractivity contribution in [2.75, 3.05) is 12.8 Å². The molecule has 0 aromatic heterocycles. The number of nitrogen functional groups attached to an aromatic ring is 1. The Morgan fingerprint density at radius 2 is 1.86 bits per heavy atom. The van der Waals surface area contributed by atoms with E-state index in [0.717, 1.165) is 29.5 Å². The fourth-order valence-electron chi connectivity index (χ4n) is 2.37. The van der Waals surface area contributed by atoms with E-state index in [1.54, 1.807) is 25.3 Å². The molecule has 0 heterocycles. The van der Waals surface area contributed by atoms with Gasteiger partial charge in [-0.2, -0.15) is 0 Å². The third-order valence-corrected chi connectivity index (χ3v) is 3.70. The van der Waals surface area contributed by atoms with Gasteiger partial charge in [0.15, 0.2) is 5.78 Å². The summed E-state index contributed by atoms with van der Waals surface area (Å²) in [5, 5.41) is 0. The molecule has 0 atom stereocenters. The third-order valence-electron chi connectivity index (χ3n) is 3.70. The van der Waals surface area contributed by atoms with E-state index in [9.17, 15) is 4.79 Å². The Bertz CT molecular complexity index is 662. The molecule has 3 heteroatoms. The summed E-state index contributed by atoms with van der Waals surface area (Å²) in [5.41, 5.74) is 9.93. The molecule has 2 aromatic rings.